The predicted molar refractivity (Wildman–Crippen MR) is 64.0 cm³/mol. The summed E-state index contributed by atoms with van der Waals surface area (Å²) in [5.41, 5.74) is 8.68. The second-order valence-electron chi connectivity index (χ2n) is 3.45. The Bertz CT molecular complexity index is 338. The van der Waals surface area contributed by atoms with Crippen molar-refractivity contribution in [2.45, 2.75) is 25.3 Å². The van der Waals surface area contributed by atoms with Gasteiger partial charge in [0, 0.05) is 14.6 Å². The molecule has 0 fully saturated rings. The minimum atomic E-state index is 0.191. The van der Waals surface area contributed by atoms with Crippen molar-refractivity contribution in [3.05, 3.63) is 31.9 Å². The zero-order valence-electron chi connectivity index (χ0n) is 7.19. The molecule has 0 bridgehead atoms. The molecule has 0 spiro atoms. The smallest absolute Gasteiger partial charge is 0.0420 e. The Kier molecular flexibility index (Phi) is 2.81. The van der Waals surface area contributed by atoms with Crippen molar-refractivity contribution in [3.8, 4) is 0 Å². The largest absolute Gasteiger partial charge is 0.324 e. The van der Waals surface area contributed by atoms with Gasteiger partial charge in [-0.2, -0.15) is 0 Å². The minimum Gasteiger partial charge on any atom is -0.324 e. The van der Waals surface area contributed by atoms with E-state index in [4.69, 9.17) is 17.3 Å². The third-order valence-electron chi connectivity index (χ3n) is 2.54. The molecule has 1 aliphatic rings. The third-order valence-corrected chi connectivity index (χ3v) is 3.72. The first kappa shape index (κ1) is 9.74. The van der Waals surface area contributed by atoms with E-state index in [2.05, 4.69) is 22.6 Å². The summed E-state index contributed by atoms with van der Waals surface area (Å²) in [6, 6.07) is 4.22. The summed E-state index contributed by atoms with van der Waals surface area (Å²) in [7, 11) is 0. The lowest BCUT2D eigenvalue weighted by Gasteiger charge is -2.23. The Morgan fingerprint density at radius 2 is 2.23 bits per heavy atom. The van der Waals surface area contributed by atoms with Crippen LogP contribution in [0.2, 0.25) is 5.02 Å². The van der Waals surface area contributed by atoms with E-state index in [0.717, 1.165) is 17.9 Å². The molecule has 70 valence electrons. The van der Waals surface area contributed by atoms with Crippen LogP contribution in [0.15, 0.2) is 12.1 Å². The number of rotatable bonds is 0. The van der Waals surface area contributed by atoms with Crippen molar-refractivity contribution in [2.24, 2.45) is 5.73 Å². The van der Waals surface area contributed by atoms with Gasteiger partial charge in [-0.15, -0.1) is 0 Å². The quantitative estimate of drug-likeness (QED) is 0.731. The highest BCUT2D eigenvalue weighted by molar-refractivity contribution is 14.1. The van der Waals surface area contributed by atoms with Gasteiger partial charge in [0.2, 0.25) is 0 Å². The van der Waals surface area contributed by atoms with Crippen LogP contribution in [0.4, 0.5) is 0 Å². The topological polar surface area (TPSA) is 26.0 Å². The summed E-state index contributed by atoms with van der Waals surface area (Å²) in [6.45, 7) is 0. The Morgan fingerprint density at radius 3 is 3.00 bits per heavy atom. The molecule has 0 heterocycles. The Hall–Kier alpha value is 0.200. The molecule has 2 N–H and O–H groups in total. The first-order chi connectivity index (χ1) is 6.18. The first-order valence-electron chi connectivity index (χ1n) is 4.42. The third kappa shape index (κ3) is 1.85. The van der Waals surface area contributed by atoms with Crippen molar-refractivity contribution in [2.75, 3.05) is 0 Å². The molecule has 1 unspecified atom stereocenters. The monoisotopic (exact) mass is 307 g/mol. The van der Waals surface area contributed by atoms with E-state index in [0.29, 0.717) is 0 Å². The highest BCUT2D eigenvalue weighted by Gasteiger charge is 2.19. The molecule has 1 aromatic rings. The van der Waals surface area contributed by atoms with Gasteiger partial charge in [-0.3, -0.25) is 0 Å². The van der Waals surface area contributed by atoms with E-state index < -0.39 is 0 Å². The van der Waals surface area contributed by atoms with Crippen LogP contribution in [0.25, 0.3) is 0 Å². The molecule has 0 radical (unpaired) electrons. The molecule has 1 atom stereocenters. The molecule has 1 aliphatic carbocycles. The molecule has 0 aliphatic heterocycles. The van der Waals surface area contributed by atoms with Crippen LogP contribution in [0, 0.1) is 3.57 Å². The molecular weight excluding hydrogens is 296 g/mol. The number of hydrogen-bond acceptors (Lipinski definition) is 1. The van der Waals surface area contributed by atoms with E-state index in [1.54, 1.807) is 0 Å². The van der Waals surface area contributed by atoms with Gasteiger partial charge in [0.25, 0.3) is 0 Å². The zero-order valence-corrected chi connectivity index (χ0v) is 10.1. The molecule has 2 rings (SSSR count). The fraction of sp³-hybridized carbons (Fsp3) is 0.400. The van der Waals surface area contributed by atoms with E-state index in [-0.39, 0.29) is 6.04 Å². The van der Waals surface area contributed by atoms with E-state index in [1.165, 1.54) is 21.1 Å². The van der Waals surface area contributed by atoms with Crippen molar-refractivity contribution in [1.82, 2.24) is 0 Å². The number of hydrogen-bond donors (Lipinski definition) is 1. The summed E-state index contributed by atoms with van der Waals surface area (Å²) in [5.74, 6) is 0. The van der Waals surface area contributed by atoms with Gasteiger partial charge in [-0.05, 0) is 65.1 Å². The van der Waals surface area contributed by atoms with Crippen molar-refractivity contribution in [1.29, 1.82) is 0 Å². The Balaban J connectivity index is 2.56. The highest BCUT2D eigenvalue weighted by atomic mass is 127. The lowest BCUT2D eigenvalue weighted by molar-refractivity contribution is 0.569. The summed E-state index contributed by atoms with van der Waals surface area (Å²) in [6.07, 6.45) is 3.44. The predicted octanol–water partition coefficient (Wildman–Crippen LogP) is 3.28. The number of nitrogens with two attached hydrogens (primary N) is 1. The van der Waals surface area contributed by atoms with Crippen LogP contribution in [0.5, 0.6) is 0 Å². The van der Waals surface area contributed by atoms with E-state index in [1.807, 2.05) is 12.1 Å². The average molecular weight is 308 g/mol. The standard InChI is InChI=1S/C10H11ClIN/c11-6-4-8-7(9(12)5-6)2-1-3-10(8)13/h4-5,10H,1-3,13H2. The maximum absolute atomic E-state index is 6.02. The Morgan fingerprint density at radius 1 is 1.46 bits per heavy atom. The molecule has 0 saturated heterocycles. The minimum absolute atomic E-state index is 0.191. The van der Waals surface area contributed by atoms with Gasteiger partial charge in [0.1, 0.15) is 0 Å². The van der Waals surface area contributed by atoms with Crippen molar-refractivity contribution >= 4 is 34.2 Å². The van der Waals surface area contributed by atoms with E-state index in [9.17, 15) is 0 Å². The lowest BCUT2D eigenvalue weighted by atomic mass is 9.88. The van der Waals surface area contributed by atoms with Crippen LogP contribution in [-0.4, -0.2) is 0 Å². The first-order valence-corrected chi connectivity index (χ1v) is 5.87. The zero-order chi connectivity index (χ0) is 9.42. The molecule has 0 aromatic heterocycles. The summed E-state index contributed by atoms with van der Waals surface area (Å²) >= 11 is 8.33. The Labute approximate surface area is 96.8 Å². The van der Waals surface area contributed by atoms with Crippen LogP contribution in [0.3, 0.4) is 0 Å². The van der Waals surface area contributed by atoms with Gasteiger partial charge < -0.3 is 5.73 Å². The van der Waals surface area contributed by atoms with Crippen molar-refractivity contribution in [3.63, 3.8) is 0 Å². The second kappa shape index (κ2) is 3.75. The molecule has 0 saturated carbocycles. The summed E-state index contributed by atoms with van der Waals surface area (Å²) < 4.78 is 1.26. The normalized spacial score (nSPS) is 21.3. The maximum Gasteiger partial charge on any atom is 0.0420 e. The summed E-state index contributed by atoms with van der Waals surface area (Å²) in [4.78, 5) is 0. The SMILES string of the molecule is NC1CCCc2c(I)cc(Cl)cc21. The van der Waals surface area contributed by atoms with Gasteiger partial charge in [-0.1, -0.05) is 11.6 Å². The van der Waals surface area contributed by atoms with Gasteiger partial charge in [0.05, 0.1) is 0 Å². The van der Waals surface area contributed by atoms with Crippen LogP contribution in [-0.2, 0) is 6.42 Å². The lowest BCUT2D eigenvalue weighted by Crippen LogP contribution is -2.18. The van der Waals surface area contributed by atoms with E-state index >= 15 is 0 Å². The van der Waals surface area contributed by atoms with Gasteiger partial charge in [0.15, 0.2) is 0 Å². The van der Waals surface area contributed by atoms with Crippen LogP contribution >= 0.6 is 34.2 Å². The maximum atomic E-state index is 6.02. The highest BCUT2D eigenvalue weighted by Crippen LogP contribution is 2.33. The van der Waals surface area contributed by atoms with Gasteiger partial charge in [-0.25, -0.2) is 0 Å². The second-order valence-corrected chi connectivity index (χ2v) is 5.05. The molecule has 1 nitrogen and oxygen atoms in total. The van der Waals surface area contributed by atoms with Crippen molar-refractivity contribution < 1.29 is 0 Å². The average Bonchev–Trinajstić information content (AvgIpc) is 2.07. The fourth-order valence-electron chi connectivity index (χ4n) is 1.87. The van der Waals surface area contributed by atoms with Crippen LogP contribution < -0.4 is 5.73 Å². The molecule has 1 aromatic carbocycles. The fourth-order valence-corrected chi connectivity index (χ4v) is 3.20. The summed E-state index contributed by atoms with van der Waals surface area (Å²) in [5, 5.41) is 0.806. The number of benzene rings is 1. The van der Waals surface area contributed by atoms with Crippen LogP contribution in [0.1, 0.15) is 30.0 Å². The molecule has 0 amide bonds. The molecular formula is C10H11ClIN. The number of fused-ring (bicyclic) bond motifs is 1. The molecule has 3 heteroatoms. The molecule has 13 heavy (non-hydrogen) atoms. The number of halogens is 2. The van der Waals surface area contributed by atoms with Gasteiger partial charge >= 0.3 is 0 Å².